The largest absolute Gasteiger partial charge is 0.296 e. The van der Waals surface area contributed by atoms with E-state index in [1.807, 2.05) is 6.92 Å². The second-order valence-electron chi connectivity index (χ2n) is 6.24. The van der Waals surface area contributed by atoms with Gasteiger partial charge in [0.15, 0.2) is 5.12 Å². The Morgan fingerprint density at radius 2 is 1.73 bits per heavy atom. The van der Waals surface area contributed by atoms with Crippen LogP contribution in [0.4, 0.5) is 0 Å². The molecule has 0 amide bonds. The van der Waals surface area contributed by atoms with Gasteiger partial charge in [0.25, 0.3) is 0 Å². The fourth-order valence-corrected chi connectivity index (χ4v) is 3.76. The molecule has 2 aromatic rings. The molecule has 0 spiro atoms. The number of nitrogens with zero attached hydrogens (tertiary/aromatic N) is 1. The zero-order valence-electron chi connectivity index (χ0n) is 13.0. The molecule has 0 bridgehead atoms. The van der Waals surface area contributed by atoms with Gasteiger partial charge in [-0.3, -0.25) is 9.69 Å². The highest BCUT2D eigenvalue weighted by atomic mass is 32.1. The second kappa shape index (κ2) is 6.84. The lowest BCUT2D eigenvalue weighted by atomic mass is 9.88. The van der Waals surface area contributed by atoms with Gasteiger partial charge >= 0.3 is 0 Å². The molecule has 1 saturated heterocycles. The molecule has 2 nitrogen and oxygen atoms in total. The van der Waals surface area contributed by atoms with Crippen LogP contribution in [0.5, 0.6) is 0 Å². The van der Waals surface area contributed by atoms with Crippen molar-refractivity contribution in [3.05, 3.63) is 48.0 Å². The van der Waals surface area contributed by atoms with Crippen molar-refractivity contribution in [1.82, 2.24) is 4.90 Å². The number of piperidine rings is 1. The molecule has 2 atom stereocenters. The van der Waals surface area contributed by atoms with E-state index in [-0.39, 0.29) is 17.1 Å². The van der Waals surface area contributed by atoms with Crippen LogP contribution in [-0.2, 0) is 4.79 Å². The number of hydrogen-bond acceptors (Lipinski definition) is 2. The molecule has 116 valence electrons. The summed E-state index contributed by atoms with van der Waals surface area (Å²) in [6.45, 7) is 4.15. The molecule has 1 fully saturated rings. The van der Waals surface area contributed by atoms with Crippen LogP contribution in [-0.4, -0.2) is 23.1 Å². The third-order valence-corrected chi connectivity index (χ3v) is 5.20. The molecule has 3 rings (SSSR count). The Morgan fingerprint density at radius 1 is 1.05 bits per heavy atom. The summed E-state index contributed by atoms with van der Waals surface area (Å²) in [6, 6.07) is 15.0. The van der Waals surface area contributed by atoms with Crippen molar-refractivity contribution in [1.29, 1.82) is 0 Å². The lowest BCUT2D eigenvalue weighted by Crippen LogP contribution is -2.38. The normalized spacial score (nSPS) is 19.0. The van der Waals surface area contributed by atoms with Crippen molar-refractivity contribution in [2.24, 2.45) is 5.92 Å². The Morgan fingerprint density at radius 3 is 2.45 bits per heavy atom. The zero-order valence-corrected chi connectivity index (χ0v) is 13.9. The predicted octanol–water partition coefficient (Wildman–Crippen LogP) is 4.46. The molecule has 2 unspecified atom stereocenters. The lowest BCUT2D eigenvalue weighted by molar-refractivity contribution is -0.116. The minimum atomic E-state index is -0.104. The minimum Gasteiger partial charge on any atom is -0.296 e. The van der Waals surface area contributed by atoms with E-state index in [1.54, 1.807) is 0 Å². The van der Waals surface area contributed by atoms with Crippen molar-refractivity contribution in [2.45, 2.75) is 32.2 Å². The summed E-state index contributed by atoms with van der Waals surface area (Å²) in [6.07, 6.45) is 3.73. The summed E-state index contributed by atoms with van der Waals surface area (Å²) in [5.41, 5.74) is 1.26. The van der Waals surface area contributed by atoms with Gasteiger partial charge in [-0.25, -0.2) is 0 Å². The van der Waals surface area contributed by atoms with E-state index >= 15 is 0 Å². The van der Waals surface area contributed by atoms with Gasteiger partial charge in [0.05, 0.1) is 0 Å². The van der Waals surface area contributed by atoms with E-state index in [9.17, 15) is 4.79 Å². The second-order valence-corrected chi connectivity index (χ2v) is 6.68. The van der Waals surface area contributed by atoms with E-state index in [0.717, 1.165) is 13.1 Å². The van der Waals surface area contributed by atoms with E-state index in [1.165, 1.54) is 35.6 Å². The molecule has 1 aliphatic heterocycles. The van der Waals surface area contributed by atoms with Crippen molar-refractivity contribution in [2.75, 3.05) is 13.1 Å². The SMILES string of the molecule is CC(C(=O)S)C(c1cccc2ccccc12)N1CCCCC1. The Hall–Kier alpha value is -1.32. The van der Waals surface area contributed by atoms with Crippen LogP contribution >= 0.6 is 12.6 Å². The van der Waals surface area contributed by atoms with Crippen molar-refractivity contribution in [3.63, 3.8) is 0 Å². The van der Waals surface area contributed by atoms with Gasteiger partial charge in [0.2, 0.25) is 0 Å². The zero-order chi connectivity index (χ0) is 15.5. The van der Waals surface area contributed by atoms with Crippen molar-refractivity contribution in [3.8, 4) is 0 Å². The average molecular weight is 313 g/mol. The monoisotopic (exact) mass is 313 g/mol. The molecule has 1 aliphatic rings. The summed E-state index contributed by atoms with van der Waals surface area (Å²) in [4.78, 5) is 14.5. The Kier molecular flexibility index (Phi) is 4.84. The standard InChI is InChI=1S/C19H23NOS/c1-14(19(21)22)18(20-12-5-2-6-13-20)17-11-7-9-15-8-3-4-10-16(15)17/h3-4,7-11,14,18H,2,5-6,12-13H2,1H3,(H,21,22). The maximum atomic E-state index is 12.0. The fraction of sp³-hybridized carbons (Fsp3) is 0.421. The highest BCUT2D eigenvalue weighted by molar-refractivity contribution is 7.96. The van der Waals surface area contributed by atoms with Gasteiger partial charge in [-0.15, -0.1) is 12.6 Å². The molecule has 22 heavy (non-hydrogen) atoms. The number of likely N-dealkylation sites (tertiary alicyclic amines) is 1. The number of rotatable bonds is 4. The number of carbonyl (C=O) groups is 1. The topological polar surface area (TPSA) is 20.3 Å². The summed E-state index contributed by atoms with van der Waals surface area (Å²) in [7, 11) is 0. The quantitative estimate of drug-likeness (QED) is 0.841. The van der Waals surface area contributed by atoms with Crippen LogP contribution in [0.3, 0.4) is 0 Å². The lowest BCUT2D eigenvalue weighted by Gasteiger charge is -2.38. The molecule has 1 heterocycles. The highest BCUT2D eigenvalue weighted by Gasteiger charge is 2.31. The summed E-state index contributed by atoms with van der Waals surface area (Å²) in [5, 5.41) is 2.46. The number of fused-ring (bicyclic) bond motifs is 1. The van der Waals surface area contributed by atoms with Gasteiger partial charge in [-0.05, 0) is 42.3 Å². The first-order valence-corrected chi connectivity index (χ1v) is 8.58. The molecule has 2 aromatic carbocycles. The molecule has 0 aromatic heterocycles. The van der Waals surface area contributed by atoms with Crippen LogP contribution in [0.15, 0.2) is 42.5 Å². The maximum absolute atomic E-state index is 12.0. The molecule has 0 saturated carbocycles. The Bertz CT molecular complexity index is 658. The van der Waals surface area contributed by atoms with Gasteiger partial charge in [0.1, 0.15) is 0 Å². The summed E-state index contributed by atoms with van der Waals surface area (Å²) >= 11 is 4.13. The van der Waals surface area contributed by atoms with Crippen LogP contribution in [0.2, 0.25) is 0 Å². The summed E-state index contributed by atoms with van der Waals surface area (Å²) in [5.74, 6) is -0.104. The highest BCUT2D eigenvalue weighted by Crippen LogP contribution is 2.36. The molecular weight excluding hydrogens is 290 g/mol. The van der Waals surface area contributed by atoms with Crippen molar-refractivity contribution < 1.29 is 4.79 Å². The number of hydrogen-bond donors (Lipinski definition) is 1. The van der Waals surface area contributed by atoms with Crippen molar-refractivity contribution >= 4 is 28.5 Å². The average Bonchev–Trinajstić information content (AvgIpc) is 2.56. The van der Waals surface area contributed by atoms with Gasteiger partial charge in [0, 0.05) is 12.0 Å². The molecule has 0 aliphatic carbocycles. The predicted molar refractivity (Wildman–Crippen MR) is 95.3 cm³/mol. The number of thiol groups is 1. The van der Waals surface area contributed by atoms with Crippen LogP contribution in [0, 0.1) is 5.92 Å². The van der Waals surface area contributed by atoms with Gasteiger partial charge < -0.3 is 0 Å². The Labute approximate surface area is 137 Å². The Balaban J connectivity index is 2.08. The molecule has 3 heteroatoms. The first-order valence-electron chi connectivity index (χ1n) is 8.13. The van der Waals surface area contributed by atoms with Gasteiger partial charge in [-0.1, -0.05) is 55.8 Å². The van der Waals surface area contributed by atoms with E-state index in [2.05, 4.69) is 60.0 Å². The molecule has 0 radical (unpaired) electrons. The molecular formula is C19H23NOS. The number of benzene rings is 2. The third kappa shape index (κ3) is 3.06. The minimum absolute atomic E-state index is 0.0245. The molecule has 0 N–H and O–H groups in total. The van der Waals surface area contributed by atoms with Crippen LogP contribution < -0.4 is 0 Å². The van der Waals surface area contributed by atoms with Gasteiger partial charge in [-0.2, -0.15) is 0 Å². The van der Waals surface area contributed by atoms with Crippen LogP contribution in [0.1, 0.15) is 37.8 Å². The first kappa shape index (κ1) is 15.6. The fourth-order valence-electron chi connectivity index (χ4n) is 3.62. The maximum Gasteiger partial charge on any atom is 0.190 e. The summed E-state index contributed by atoms with van der Waals surface area (Å²) < 4.78 is 0. The van der Waals surface area contributed by atoms with Crippen LogP contribution in [0.25, 0.3) is 10.8 Å². The first-order chi connectivity index (χ1) is 10.7. The number of carbonyl (C=O) groups excluding carboxylic acids is 1. The van der Waals surface area contributed by atoms with E-state index in [4.69, 9.17) is 0 Å². The van der Waals surface area contributed by atoms with E-state index < -0.39 is 0 Å². The smallest absolute Gasteiger partial charge is 0.190 e. The van der Waals surface area contributed by atoms with E-state index in [0.29, 0.717) is 0 Å². The third-order valence-electron chi connectivity index (χ3n) is 4.79.